The molecule has 0 saturated heterocycles. The molecule has 0 radical (unpaired) electrons. The highest BCUT2D eigenvalue weighted by Crippen LogP contribution is 2.36. The van der Waals surface area contributed by atoms with E-state index in [1.165, 1.54) is 22.3 Å². The van der Waals surface area contributed by atoms with E-state index >= 15 is 0 Å². The quantitative estimate of drug-likeness (QED) is 0.325. The van der Waals surface area contributed by atoms with Gasteiger partial charge in [0, 0.05) is 12.0 Å². The molecule has 0 saturated carbocycles. The first-order valence-corrected chi connectivity index (χ1v) is 10.4. The minimum atomic E-state index is -0.144. The number of methoxy groups -OCH3 is 2. The van der Waals surface area contributed by atoms with Crippen molar-refractivity contribution in [1.29, 1.82) is 0 Å². The number of ketones is 1. The number of benzene rings is 2. The number of carbonyl (C=O) groups excluding carboxylic acids is 1. The highest BCUT2D eigenvalue weighted by atomic mass is 16.5. The lowest BCUT2D eigenvalue weighted by Gasteiger charge is -2.15. The van der Waals surface area contributed by atoms with E-state index in [2.05, 4.69) is 32.9 Å². The first-order valence-electron chi connectivity index (χ1n) is 10.4. The Morgan fingerprint density at radius 3 is 2.03 bits per heavy atom. The van der Waals surface area contributed by atoms with E-state index in [0.717, 1.165) is 16.9 Å². The van der Waals surface area contributed by atoms with Crippen LogP contribution in [0, 0.1) is 20.8 Å². The van der Waals surface area contributed by atoms with Crippen molar-refractivity contribution in [2.24, 2.45) is 0 Å². The number of Topliss-reactive ketones (excluding diaryl/α,β-unsaturated/α-hetero) is 1. The number of hydrogen-bond donors (Lipinski definition) is 0. The number of hydrogen-bond acceptors (Lipinski definition) is 4. The van der Waals surface area contributed by atoms with Crippen LogP contribution in [0.2, 0.25) is 0 Å². The summed E-state index contributed by atoms with van der Waals surface area (Å²) in [5, 5.41) is 0. The fraction of sp³-hybridized carbons (Fsp3) is 0.296. The van der Waals surface area contributed by atoms with Gasteiger partial charge in [-0.1, -0.05) is 23.8 Å². The minimum absolute atomic E-state index is 0.144. The zero-order valence-electron chi connectivity index (χ0n) is 19.4. The molecule has 2 aromatic carbocycles. The molecule has 0 aliphatic heterocycles. The molecular weight excluding hydrogens is 388 g/mol. The third-order valence-corrected chi connectivity index (χ3v) is 5.78. The molecule has 0 aliphatic carbocycles. The van der Waals surface area contributed by atoms with Crippen LogP contribution in [-0.4, -0.2) is 20.0 Å². The number of rotatable bonds is 7. The van der Waals surface area contributed by atoms with E-state index in [1.807, 2.05) is 31.2 Å². The Kier molecular flexibility index (Phi) is 6.69. The molecule has 4 nitrogen and oxygen atoms in total. The second-order valence-corrected chi connectivity index (χ2v) is 7.94. The van der Waals surface area contributed by atoms with Crippen LogP contribution in [0.5, 0.6) is 11.5 Å². The molecule has 0 atom stereocenters. The summed E-state index contributed by atoms with van der Waals surface area (Å²) >= 11 is 0. The predicted molar refractivity (Wildman–Crippen MR) is 124 cm³/mol. The van der Waals surface area contributed by atoms with Gasteiger partial charge in [0.05, 0.1) is 19.8 Å². The zero-order chi connectivity index (χ0) is 22.7. The SMILES string of the molecule is COc1cccc(OC)c1C(C)=C(C)C(=O)c1ccc(Cc2c(C)cc(C)cc2C)o1. The minimum Gasteiger partial charge on any atom is -0.496 e. The Labute approximate surface area is 184 Å². The summed E-state index contributed by atoms with van der Waals surface area (Å²) in [6.07, 6.45) is 0.660. The topological polar surface area (TPSA) is 48.7 Å². The standard InChI is InChI=1S/C27H30O4/c1-16-13-17(2)22(18(3)14-16)15-21-11-12-25(31-21)27(28)20(5)19(4)26-23(29-6)9-8-10-24(26)30-7/h8-14H,15H2,1-7H3. The van der Waals surface area contributed by atoms with Crippen molar-refractivity contribution in [1.82, 2.24) is 0 Å². The first kappa shape index (κ1) is 22.4. The summed E-state index contributed by atoms with van der Waals surface area (Å²) in [4.78, 5) is 13.2. The van der Waals surface area contributed by atoms with Crippen molar-refractivity contribution in [3.8, 4) is 11.5 Å². The largest absolute Gasteiger partial charge is 0.496 e. The summed E-state index contributed by atoms with van der Waals surface area (Å²) < 4.78 is 17.0. The van der Waals surface area contributed by atoms with Crippen LogP contribution in [-0.2, 0) is 6.42 Å². The summed E-state index contributed by atoms with van der Waals surface area (Å²) in [7, 11) is 3.22. The lowest BCUT2D eigenvalue weighted by Crippen LogP contribution is -2.03. The van der Waals surface area contributed by atoms with Gasteiger partial charge in [-0.15, -0.1) is 0 Å². The Morgan fingerprint density at radius 1 is 0.903 bits per heavy atom. The molecule has 0 unspecified atom stereocenters. The maximum atomic E-state index is 13.2. The van der Waals surface area contributed by atoms with Crippen molar-refractivity contribution in [2.75, 3.05) is 14.2 Å². The molecule has 0 N–H and O–H groups in total. The molecule has 0 bridgehead atoms. The molecule has 0 amide bonds. The lowest BCUT2D eigenvalue weighted by molar-refractivity contribution is 0.100. The number of carbonyl (C=O) groups is 1. The summed E-state index contributed by atoms with van der Waals surface area (Å²) in [6.45, 7) is 10.0. The van der Waals surface area contributed by atoms with Crippen LogP contribution in [0.4, 0.5) is 0 Å². The van der Waals surface area contributed by atoms with Crippen molar-refractivity contribution in [3.63, 3.8) is 0 Å². The predicted octanol–water partition coefficient (Wildman–Crippen LogP) is 6.49. The van der Waals surface area contributed by atoms with Gasteiger partial charge in [-0.2, -0.15) is 0 Å². The molecule has 0 aliphatic rings. The fourth-order valence-electron chi connectivity index (χ4n) is 4.02. The maximum absolute atomic E-state index is 13.2. The van der Waals surface area contributed by atoms with E-state index in [1.54, 1.807) is 27.2 Å². The molecule has 3 aromatic rings. The first-order chi connectivity index (χ1) is 14.8. The van der Waals surface area contributed by atoms with Gasteiger partial charge in [-0.25, -0.2) is 0 Å². The van der Waals surface area contributed by atoms with E-state index in [0.29, 0.717) is 29.3 Å². The van der Waals surface area contributed by atoms with Crippen LogP contribution >= 0.6 is 0 Å². The van der Waals surface area contributed by atoms with Gasteiger partial charge in [-0.05, 0) is 81.1 Å². The number of allylic oxidation sites excluding steroid dienone is 2. The van der Waals surface area contributed by atoms with Gasteiger partial charge in [0.1, 0.15) is 17.3 Å². The maximum Gasteiger partial charge on any atom is 0.224 e. The lowest BCUT2D eigenvalue weighted by atomic mass is 9.96. The summed E-state index contributed by atoms with van der Waals surface area (Å²) in [5.41, 5.74) is 7.11. The molecule has 31 heavy (non-hydrogen) atoms. The van der Waals surface area contributed by atoms with E-state index in [4.69, 9.17) is 13.9 Å². The van der Waals surface area contributed by atoms with Crippen molar-refractivity contribution in [3.05, 3.63) is 87.4 Å². The average molecular weight is 419 g/mol. The number of aryl methyl sites for hydroxylation is 3. The van der Waals surface area contributed by atoms with Gasteiger partial charge >= 0.3 is 0 Å². The van der Waals surface area contributed by atoms with Crippen LogP contribution in [0.1, 0.15) is 58.0 Å². The highest BCUT2D eigenvalue weighted by molar-refractivity contribution is 6.11. The van der Waals surface area contributed by atoms with Gasteiger partial charge in [0.2, 0.25) is 5.78 Å². The van der Waals surface area contributed by atoms with Crippen LogP contribution in [0.3, 0.4) is 0 Å². The normalized spacial score (nSPS) is 11.8. The smallest absolute Gasteiger partial charge is 0.224 e. The molecule has 1 aromatic heterocycles. The third-order valence-electron chi connectivity index (χ3n) is 5.78. The van der Waals surface area contributed by atoms with Crippen molar-refractivity contribution in [2.45, 2.75) is 41.0 Å². The second kappa shape index (κ2) is 9.25. The Bertz CT molecular complexity index is 1100. The van der Waals surface area contributed by atoms with E-state index in [-0.39, 0.29) is 5.78 Å². The third kappa shape index (κ3) is 4.58. The zero-order valence-corrected chi connectivity index (χ0v) is 19.4. The molecule has 1 heterocycles. The molecule has 3 rings (SSSR count). The van der Waals surface area contributed by atoms with Gasteiger partial charge in [0.25, 0.3) is 0 Å². The van der Waals surface area contributed by atoms with Gasteiger partial charge < -0.3 is 13.9 Å². The fourth-order valence-corrected chi connectivity index (χ4v) is 4.02. The Balaban J connectivity index is 1.92. The summed E-state index contributed by atoms with van der Waals surface area (Å²) in [6, 6.07) is 13.6. The van der Waals surface area contributed by atoms with Crippen LogP contribution in [0.15, 0.2) is 52.5 Å². The molecular formula is C27H30O4. The van der Waals surface area contributed by atoms with Crippen molar-refractivity contribution < 1.29 is 18.7 Å². The summed E-state index contributed by atoms with van der Waals surface area (Å²) in [5.74, 6) is 2.29. The number of furan rings is 1. The Morgan fingerprint density at radius 2 is 1.48 bits per heavy atom. The number of ether oxygens (including phenoxy) is 2. The highest BCUT2D eigenvalue weighted by Gasteiger charge is 2.20. The Hall–Kier alpha value is -3.27. The van der Waals surface area contributed by atoms with E-state index in [9.17, 15) is 4.79 Å². The molecule has 0 spiro atoms. The molecule has 0 fully saturated rings. The van der Waals surface area contributed by atoms with E-state index < -0.39 is 0 Å². The molecule has 4 heteroatoms. The van der Waals surface area contributed by atoms with Crippen LogP contribution < -0.4 is 9.47 Å². The monoisotopic (exact) mass is 418 g/mol. The van der Waals surface area contributed by atoms with Crippen LogP contribution in [0.25, 0.3) is 5.57 Å². The molecule has 162 valence electrons. The second-order valence-electron chi connectivity index (χ2n) is 7.94. The van der Waals surface area contributed by atoms with Crippen molar-refractivity contribution >= 4 is 11.4 Å². The average Bonchev–Trinajstić information content (AvgIpc) is 3.22. The van der Waals surface area contributed by atoms with Gasteiger partial charge in [-0.3, -0.25) is 4.79 Å². The van der Waals surface area contributed by atoms with Gasteiger partial charge in [0.15, 0.2) is 5.76 Å².